The summed E-state index contributed by atoms with van der Waals surface area (Å²) in [4.78, 5) is 28.4. The van der Waals surface area contributed by atoms with Crippen LogP contribution in [-0.4, -0.2) is 57.6 Å². The largest absolute Gasteiger partial charge is 0.497 e. The molecule has 0 bridgehead atoms. The van der Waals surface area contributed by atoms with E-state index in [2.05, 4.69) is 26.1 Å². The van der Waals surface area contributed by atoms with E-state index >= 15 is 0 Å². The van der Waals surface area contributed by atoms with Gasteiger partial charge in [-0.2, -0.15) is 0 Å². The molecule has 1 unspecified atom stereocenters. The number of amides is 2. The fourth-order valence-electron chi connectivity index (χ4n) is 4.09. The van der Waals surface area contributed by atoms with Crippen LogP contribution in [0.3, 0.4) is 0 Å². The molecule has 0 radical (unpaired) electrons. The molecule has 9 heteroatoms. The van der Waals surface area contributed by atoms with Crippen molar-refractivity contribution in [1.29, 1.82) is 0 Å². The van der Waals surface area contributed by atoms with Gasteiger partial charge in [-0.05, 0) is 53.6 Å². The maximum absolute atomic E-state index is 13.8. The van der Waals surface area contributed by atoms with E-state index in [1.165, 1.54) is 4.90 Å². The molecule has 0 aromatic heterocycles. The Kier molecular flexibility index (Phi) is 11.2. The minimum Gasteiger partial charge on any atom is -0.497 e. The Balaban J connectivity index is 2.41. The fraction of sp³-hybridized carbons (Fsp3) is 0.517. The van der Waals surface area contributed by atoms with Crippen molar-refractivity contribution in [3.8, 4) is 5.75 Å². The van der Waals surface area contributed by atoms with E-state index in [1.54, 1.807) is 31.4 Å². The molecule has 0 saturated carbocycles. The van der Waals surface area contributed by atoms with Crippen molar-refractivity contribution < 1.29 is 22.7 Å². The first-order chi connectivity index (χ1) is 17.8. The lowest BCUT2D eigenvalue weighted by Crippen LogP contribution is -2.52. The van der Waals surface area contributed by atoms with Crippen LogP contribution in [0.1, 0.15) is 65.0 Å². The predicted octanol–water partition coefficient (Wildman–Crippen LogP) is 4.48. The van der Waals surface area contributed by atoms with Gasteiger partial charge in [0.05, 0.1) is 19.1 Å². The topological polar surface area (TPSA) is 96.0 Å². The molecule has 0 aliphatic heterocycles. The summed E-state index contributed by atoms with van der Waals surface area (Å²) in [5.74, 6) is -0.0233. The van der Waals surface area contributed by atoms with Gasteiger partial charge in [-0.25, -0.2) is 8.42 Å². The molecular weight excluding hydrogens is 502 g/mol. The SMILES string of the molecule is CCCCNC(=O)C(CC)N(Cc1ccc(OC)cc1)C(=O)CN(c1ccc(C(C)(C)C)cc1)S(C)(=O)=O. The lowest BCUT2D eigenvalue weighted by atomic mass is 9.87. The van der Waals surface area contributed by atoms with E-state index in [-0.39, 0.29) is 17.9 Å². The second-order valence-corrected chi connectivity index (χ2v) is 12.4. The summed E-state index contributed by atoms with van der Waals surface area (Å²) in [6.07, 6.45) is 3.24. The van der Waals surface area contributed by atoms with E-state index in [0.29, 0.717) is 24.4 Å². The standard InChI is InChI=1S/C29H43N3O5S/c1-8-10-19-30-28(34)26(9-2)31(20-22-11-17-25(37-6)18-12-22)27(33)21-32(38(7,35)36)24-15-13-23(14-16-24)29(3,4)5/h11-18,26H,8-10,19-21H2,1-7H3,(H,30,34). The highest BCUT2D eigenvalue weighted by molar-refractivity contribution is 7.92. The zero-order chi connectivity index (χ0) is 28.5. The van der Waals surface area contributed by atoms with Gasteiger partial charge in [-0.15, -0.1) is 0 Å². The first-order valence-corrected chi connectivity index (χ1v) is 14.9. The fourth-order valence-corrected chi connectivity index (χ4v) is 4.94. The molecule has 210 valence electrons. The average Bonchev–Trinajstić information content (AvgIpc) is 2.86. The Labute approximate surface area is 228 Å². The number of hydrogen-bond acceptors (Lipinski definition) is 5. The zero-order valence-electron chi connectivity index (χ0n) is 23.8. The van der Waals surface area contributed by atoms with Gasteiger partial charge in [0.25, 0.3) is 0 Å². The predicted molar refractivity (Wildman–Crippen MR) is 153 cm³/mol. The molecule has 1 atom stereocenters. The van der Waals surface area contributed by atoms with E-state index in [1.807, 2.05) is 38.1 Å². The average molecular weight is 546 g/mol. The number of carbonyl (C=O) groups excluding carboxylic acids is 2. The minimum atomic E-state index is -3.78. The van der Waals surface area contributed by atoms with Gasteiger partial charge in [-0.3, -0.25) is 13.9 Å². The molecule has 0 saturated heterocycles. The molecule has 2 aromatic carbocycles. The third-order valence-corrected chi connectivity index (χ3v) is 7.57. The Morgan fingerprint density at radius 2 is 1.61 bits per heavy atom. The van der Waals surface area contributed by atoms with Crippen molar-refractivity contribution >= 4 is 27.5 Å². The molecule has 2 amide bonds. The Hall–Kier alpha value is -3.07. The molecular formula is C29H43N3O5S. The van der Waals surface area contributed by atoms with Crippen LogP contribution < -0.4 is 14.4 Å². The van der Waals surface area contributed by atoms with Crippen LogP contribution in [0, 0.1) is 0 Å². The molecule has 2 rings (SSSR count). The van der Waals surface area contributed by atoms with Gasteiger partial charge >= 0.3 is 0 Å². The lowest BCUT2D eigenvalue weighted by molar-refractivity contribution is -0.140. The van der Waals surface area contributed by atoms with E-state index in [0.717, 1.165) is 34.5 Å². The smallest absolute Gasteiger partial charge is 0.244 e. The van der Waals surface area contributed by atoms with Crippen molar-refractivity contribution in [1.82, 2.24) is 10.2 Å². The number of sulfonamides is 1. The van der Waals surface area contributed by atoms with Crippen LogP contribution in [0.2, 0.25) is 0 Å². The number of unbranched alkanes of at least 4 members (excludes halogenated alkanes) is 1. The van der Waals surface area contributed by atoms with Crippen LogP contribution in [0.4, 0.5) is 5.69 Å². The molecule has 0 heterocycles. The maximum atomic E-state index is 13.8. The Morgan fingerprint density at radius 3 is 2.08 bits per heavy atom. The second-order valence-electron chi connectivity index (χ2n) is 10.5. The first-order valence-electron chi connectivity index (χ1n) is 13.1. The van der Waals surface area contributed by atoms with Gasteiger partial charge in [-0.1, -0.05) is 65.3 Å². The number of anilines is 1. The summed E-state index contributed by atoms with van der Waals surface area (Å²) in [6.45, 7) is 10.4. The number of rotatable bonds is 13. The third kappa shape index (κ3) is 8.75. The molecule has 38 heavy (non-hydrogen) atoms. The van der Waals surface area contributed by atoms with Crippen LogP contribution in [0.5, 0.6) is 5.75 Å². The van der Waals surface area contributed by atoms with Crippen molar-refractivity contribution in [3.63, 3.8) is 0 Å². The maximum Gasteiger partial charge on any atom is 0.244 e. The summed E-state index contributed by atoms with van der Waals surface area (Å²) >= 11 is 0. The molecule has 0 aliphatic carbocycles. The van der Waals surface area contributed by atoms with Gasteiger partial charge < -0.3 is 15.0 Å². The molecule has 0 aliphatic rings. The molecule has 1 N–H and O–H groups in total. The lowest BCUT2D eigenvalue weighted by Gasteiger charge is -2.33. The van der Waals surface area contributed by atoms with Crippen LogP contribution in [0.15, 0.2) is 48.5 Å². The summed E-state index contributed by atoms with van der Waals surface area (Å²) < 4.78 is 32.0. The highest BCUT2D eigenvalue weighted by Gasteiger charge is 2.31. The molecule has 8 nitrogen and oxygen atoms in total. The number of ether oxygens (including phenoxy) is 1. The number of benzene rings is 2. The Morgan fingerprint density at radius 1 is 1.00 bits per heavy atom. The normalized spacial score (nSPS) is 12.5. The quantitative estimate of drug-likeness (QED) is 0.375. The van der Waals surface area contributed by atoms with E-state index < -0.39 is 28.5 Å². The molecule has 0 fully saturated rings. The summed E-state index contributed by atoms with van der Waals surface area (Å²) in [5, 5.41) is 2.92. The zero-order valence-corrected chi connectivity index (χ0v) is 24.6. The van der Waals surface area contributed by atoms with Crippen molar-refractivity contribution in [2.75, 3.05) is 30.8 Å². The summed E-state index contributed by atoms with van der Waals surface area (Å²) in [6, 6.07) is 13.7. The van der Waals surface area contributed by atoms with E-state index in [4.69, 9.17) is 4.74 Å². The number of carbonyl (C=O) groups is 2. The highest BCUT2D eigenvalue weighted by Crippen LogP contribution is 2.26. The number of nitrogens with zero attached hydrogens (tertiary/aromatic N) is 2. The molecule has 2 aromatic rings. The van der Waals surface area contributed by atoms with Crippen LogP contribution in [0.25, 0.3) is 0 Å². The van der Waals surface area contributed by atoms with Gasteiger partial charge in [0, 0.05) is 13.1 Å². The van der Waals surface area contributed by atoms with Crippen LogP contribution in [-0.2, 0) is 31.6 Å². The highest BCUT2D eigenvalue weighted by atomic mass is 32.2. The van der Waals surface area contributed by atoms with E-state index in [9.17, 15) is 18.0 Å². The second kappa shape index (κ2) is 13.6. The van der Waals surface area contributed by atoms with Gasteiger partial charge in [0.1, 0.15) is 18.3 Å². The monoisotopic (exact) mass is 545 g/mol. The third-order valence-electron chi connectivity index (χ3n) is 6.43. The summed E-state index contributed by atoms with van der Waals surface area (Å²) in [5.41, 5.74) is 2.16. The first kappa shape index (κ1) is 31.1. The minimum absolute atomic E-state index is 0.0983. The molecule has 0 spiro atoms. The van der Waals surface area contributed by atoms with Crippen molar-refractivity contribution in [2.45, 2.75) is 71.9 Å². The van der Waals surface area contributed by atoms with Crippen LogP contribution >= 0.6 is 0 Å². The van der Waals surface area contributed by atoms with Gasteiger partial charge in [0.2, 0.25) is 21.8 Å². The summed E-state index contributed by atoms with van der Waals surface area (Å²) in [7, 11) is -2.20. The van der Waals surface area contributed by atoms with Crippen molar-refractivity contribution in [3.05, 3.63) is 59.7 Å². The number of nitrogens with one attached hydrogen (secondary N) is 1. The van der Waals surface area contributed by atoms with Crippen molar-refractivity contribution in [2.24, 2.45) is 0 Å². The number of methoxy groups -OCH3 is 1. The Bertz CT molecular complexity index is 1160. The van der Waals surface area contributed by atoms with Gasteiger partial charge in [0.15, 0.2) is 0 Å². The number of hydrogen-bond donors (Lipinski definition) is 1.